The lowest BCUT2D eigenvalue weighted by Gasteiger charge is -2.30. The van der Waals surface area contributed by atoms with E-state index in [4.69, 9.17) is 9.26 Å². The molecular weight excluding hydrogens is 450 g/mol. The standard InChI is InChI=1S/C21H28BrN5O3/c22-18-3-1-16(2-4-18)20-24-19(30-25-20)15-27-8-5-17(6-9-27)21(28)23-7-10-26-11-13-29-14-12-26/h1-4,17H,5-15H2,(H,23,28). The first-order chi connectivity index (χ1) is 14.7. The largest absolute Gasteiger partial charge is 0.379 e. The number of likely N-dealkylation sites (tertiary alicyclic amines) is 1. The summed E-state index contributed by atoms with van der Waals surface area (Å²) in [7, 11) is 0. The third-order valence-electron chi connectivity index (χ3n) is 5.72. The first kappa shape index (κ1) is 21.4. The molecule has 2 aliphatic heterocycles. The van der Waals surface area contributed by atoms with Crippen LogP contribution in [0.1, 0.15) is 18.7 Å². The normalized spacial score (nSPS) is 19.1. The summed E-state index contributed by atoms with van der Waals surface area (Å²) >= 11 is 3.43. The summed E-state index contributed by atoms with van der Waals surface area (Å²) in [5.74, 6) is 1.48. The lowest BCUT2D eigenvalue weighted by Crippen LogP contribution is -2.44. The summed E-state index contributed by atoms with van der Waals surface area (Å²) in [5.41, 5.74) is 0.931. The Morgan fingerprint density at radius 3 is 2.57 bits per heavy atom. The maximum absolute atomic E-state index is 12.5. The van der Waals surface area contributed by atoms with Gasteiger partial charge in [0.25, 0.3) is 0 Å². The zero-order chi connectivity index (χ0) is 20.8. The highest BCUT2D eigenvalue weighted by Crippen LogP contribution is 2.21. The van der Waals surface area contributed by atoms with Crippen molar-refractivity contribution < 1.29 is 14.1 Å². The second kappa shape index (κ2) is 10.5. The third-order valence-corrected chi connectivity index (χ3v) is 6.25. The maximum atomic E-state index is 12.5. The van der Waals surface area contributed by atoms with Crippen LogP contribution in [0.15, 0.2) is 33.3 Å². The molecule has 9 heteroatoms. The van der Waals surface area contributed by atoms with Crippen LogP contribution in [0, 0.1) is 5.92 Å². The quantitative estimate of drug-likeness (QED) is 0.653. The van der Waals surface area contributed by atoms with Gasteiger partial charge in [-0.3, -0.25) is 14.6 Å². The van der Waals surface area contributed by atoms with Gasteiger partial charge in [-0.2, -0.15) is 4.98 Å². The van der Waals surface area contributed by atoms with Crippen LogP contribution in [-0.4, -0.2) is 78.3 Å². The van der Waals surface area contributed by atoms with Crippen LogP contribution in [-0.2, 0) is 16.1 Å². The number of hydrogen-bond acceptors (Lipinski definition) is 7. The summed E-state index contributed by atoms with van der Waals surface area (Å²) in [4.78, 5) is 21.6. The van der Waals surface area contributed by atoms with Crippen molar-refractivity contribution in [2.24, 2.45) is 5.92 Å². The fourth-order valence-electron chi connectivity index (χ4n) is 3.89. The summed E-state index contributed by atoms with van der Waals surface area (Å²) in [5, 5.41) is 7.20. The molecule has 2 fully saturated rings. The molecule has 0 aliphatic carbocycles. The van der Waals surface area contributed by atoms with E-state index in [2.05, 4.69) is 41.2 Å². The molecule has 0 atom stereocenters. The van der Waals surface area contributed by atoms with E-state index < -0.39 is 0 Å². The molecule has 162 valence electrons. The van der Waals surface area contributed by atoms with Gasteiger partial charge >= 0.3 is 0 Å². The van der Waals surface area contributed by atoms with Gasteiger partial charge in [0.2, 0.25) is 17.6 Å². The predicted octanol–water partition coefficient (Wildman–Crippen LogP) is 2.16. The molecule has 4 rings (SSSR count). The van der Waals surface area contributed by atoms with Gasteiger partial charge in [-0.25, -0.2) is 0 Å². The third kappa shape index (κ3) is 5.87. The number of hydrogen-bond donors (Lipinski definition) is 1. The Morgan fingerprint density at radius 1 is 1.10 bits per heavy atom. The van der Waals surface area contributed by atoms with Crippen molar-refractivity contribution >= 4 is 21.8 Å². The molecule has 0 saturated carbocycles. The number of aromatic nitrogens is 2. The Hall–Kier alpha value is -1.81. The summed E-state index contributed by atoms with van der Waals surface area (Å²) in [6.45, 7) is 7.42. The van der Waals surface area contributed by atoms with Crippen molar-refractivity contribution in [1.82, 2.24) is 25.3 Å². The van der Waals surface area contributed by atoms with E-state index in [1.165, 1.54) is 0 Å². The maximum Gasteiger partial charge on any atom is 0.241 e. The van der Waals surface area contributed by atoms with Crippen molar-refractivity contribution in [2.75, 3.05) is 52.5 Å². The van der Waals surface area contributed by atoms with Crippen LogP contribution >= 0.6 is 15.9 Å². The number of nitrogens with one attached hydrogen (secondary N) is 1. The zero-order valence-corrected chi connectivity index (χ0v) is 18.6. The van der Waals surface area contributed by atoms with Gasteiger partial charge in [0.1, 0.15) is 0 Å². The number of carbonyl (C=O) groups is 1. The molecule has 1 aromatic heterocycles. The minimum absolute atomic E-state index is 0.0898. The molecule has 2 aromatic rings. The number of ether oxygens (including phenoxy) is 1. The minimum Gasteiger partial charge on any atom is -0.379 e. The second-order valence-corrected chi connectivity index (χ2v) is 8.73. The lowest BCUT2D eigenvalue weighted by atomic mass is 9.96. The summed E-state index contributed by atoms with van der Waals surface area (Å²) < 4.78 is 11.8. The van der Waals surface area contributed by atoms with E-state index in [1.54, 1.807) is 0 Å². The molecule has 0 radical (unpaired) electrons. The zero-order valence-electron chi connectivity index (χ0n) is 17.1. The average Bonchev–Trinajstić information content (AvgIpc) is 3.24. The van der Waals surface area contributed by atoms with Crippen molar-refractivity contribution in [3.05, 3.63) is 34.6 Å². The van der Waals surface area contributed by atoms with Crippen LogP contribution in [0.3, 0.4) is 0 Å². The van der Waals surface area contributed by atoms with Crippen LogP contribution in [0.25, 0.3) is 11.4 Å². The van der Waals surface area contributed by atoms with Gasteiger partial charge < -0.3 is 14.6 Å². The number of carbonyl (C=O) groups excluding carboxylic acids is 1. The number of benzene rings is 1. The second-order valence-electron chi connectivity index (χ2n) is 7.81. The monoisotopic (exact) mass is 477 g/mol. The molecule has 1 N–H and O–H groups in total. The first-order valence-corrected chi connectivity index (χ1v) is 11.4. The molecule has 0 unspecified atom stereocenters. The molecule has 30 heavy (non-hydrogen) atoms. The average molecular weight is 478 g/mol. The number of morpholine rings is 1. The van der Waals surface area contributed by atoms with Gasteiger partial charge in [-0.1, -0.05) is 21.1 Å². The fraction of sp³-hybridized carbons (Fsp3) is 0.571. The predicted molar refractivity (Wildman–Crippen MR) is 116 cm³/mol. The molecule has 3 heterocycles. The van der Waals surface area contributed by atoms with Crippen molar-refractivity contribution in [1.29, 1.82) is 0 Å². The van der Waals surface area contributed by atoms with Crippen molar-refractivity contribution in [3.8, 4) is 11.4 Å². The number of amides is 1. The van der Waals surface area contributed by atoms with E-state index in [1.807, 2.05) is 24.3 Å². The van der Waals surface area contributed by atoms with Crippen molar-refractivity contribution in [2.45, 2.75) is 19.4 Å². The highest BCUT2D eigenvalue weighted by Gasteiger charge is 2.26. The van der Waals surface area contributed by atoms with Crippen LogP contribution < -0.4 is 5.32 Å². The SMILES string of the molecule is O=C(NCCN1CCOCC1)C1CCN(Cc2nc(-c3ccc(Br)cc3)no2)CC1. The van der Waals surface area contributed by atoms with E-state index >= 15 is 0 Å². The summed E-state index contributed by atoms with van der Waals surface area (Å²) in [6, 6.07) is 7.84. The Kier molecular flexibility index (Phi) is 7.48. The Labute approximate surface area is 185 Å². The molecule has 2 saturated heterocycles. The van der Waals surface area contributed by atoms with Gasteiger partial charge in [-0.15, -0.1) is 0 Å². The van der Waals surface area contributed by atoms with Gasteiger partial charge in [-0.05, 0) is 50.2 Å². The van der Waals surface area contributed by atoms with Crippen LogP contribution in [0.5, 0.6) is 0 Å². The molecule has 1 aromatic carbocycles. The fourth-order valence-corrected chi connectivity index (χ4v) is 4.15. The van der Waals surface area contributed by atoms with Gasteiger partial charge in [0, 0.05) is 42.1 Å². The molecular formula is C21H28BrN5O3. The van der Waals surface area contributed by atoms with Crippen LogP contribution in [0.2, 0.25) is 0 Å². The molecule has 1 amide bonds. The topological polar surface area (TPSA) is 83.7 Å². The Morgan fingerprint density at radius 2 is 1.83 bits per heavy atom. The van der Waals surface area contributed by atoms with E-state index in [0.29, 0.717) is 24.8 Å². The highest BCUT2D eigenvalue weighted by molar-refractivity contribution is 9.10. The highest BCUT2D eigenvalue weighted by atomic mass is 79.9. The number of rotatable bonds is 7. The van der Waals surface area contributed by atoms with Crippen LogP contribution in [0.4, 0.5) is 0 Å². The Balaban J connectivity index is 1.18. The molecule has 2 aliphatic rings. The van der Waals surface area contributed by atoms with E-state index in [0.717, 1.165) is 68.8 Å². The minimum atomic E-state index is 0.0898. The molecule has 0 spiro atoms. The first-order valence-electron chi connectivity index (χ1n) is 10.6. The van der Waals surface area contributed by atoms with E-state index in [-0.39, 0.29) is 11.8 Å². The van der Waals surface area contributed by atoms with Crippen molar-refractivity contribution in [3.63, 3.8) is 0 Å². The summed E-state index contributed by atoms with van der Waals surface area (Å²) in [6.07, 6.45) is 1.72. The number of nitrogens with zero attached hydrogens (tertiary/aromatic N) is 4. The smallest absolute Gasteiger partial charge is 0.241 e. The number of halogens is 1. The Bertz CT molecular complexity index is 814. The van der Waals surface area contributed by atoms with Gasteiger partial charge in [0.05, 0.1) is 19.8 Å². The molecule has 8 nitrogen and oxygen atoms in total. The van der Waals surface area contributed by atoms with E-state index in [9.17, 15) is 4.79 Å². The lowest BCUT2D eigenvalue weighted by molar-refractivity contribution is -0.126. The number of piperidine rings is 1. The van der Waals surface area contributed by atoms with Gasteiger partial charge in [0.15, 0.2) is 0 Å². The molecule has 0 bridgehead atoms.